The molecule has 0 fully saturated rings. The number of hydrogen-bond donors (Lipinski definition) is 0. The zero-order chi connectivity index (χ0) is 11.5. The molecule has 2 heterocycles. The Hall–Kier alpha value is -1.77. The van der Waals surface area contributed by atoms with Crippen molar-refractivity contribution < 1.29 is 0 Å². The Morgan fingerprint density at radius 2 is 1.94 bits per heavy atom. The number of aromatic nitrogens is 3. The summed E-state index contributed by atoms with van der Waals surface area (Å²) in [6.07, 6.45) is 3.65. The first-order chi connectivity index (χ1) is 7.68. The number of rotatable bonds is 2. The maximum atomic E-state index is 4.49. The van der Waals surface area contributed by atoms with Crippen LogP contribution in [0.15, 0.2) is 30.6 Å². The average molecular weight is 213 g/mol. The highest BCUT2D eigenvalue weighted by Crippen LogP contribution is 2.19. The Labute approximate surface area is 95.6 Å². The molecule has 0 aliphatic carbocycles. The van der Waals surface area contributed by atoms with E-state index in [1.165, 1.54) is 5.56 Å². The molecule has 0 radical (unpaired) electrons. The number of nitrogens with zero attached hydrogens (tertiary/aromatic N) is 3. The predicted octanol–water partition coefficient (Wildman–Crippen LogP) is 2.97. The number of pyridine rings is 1. The third kappa shape index (κ3) is 2.08. The van der Waals surface area contributed by atoms with E-state index in [4.69, 9.17) is 0 Å². The molecule has 2 aromatic rings. The van der Waals surface area contributed by atoms with E-state index >= 15 is 0 Å². The standard InChI is InChI=1S/C13H15N3/c1-9(2)11-8-15-13(16-10(11)3)12-6-4-5-7-14-12/h4-9H,1-3H3. The van der Waals surface area contributed by atoms with Crippen LogP contribution in [0.3, 0.4) is 0 Å². The molecular weight excluding hydrogens is 198 g/mol. The molecule has 0 atom stereocenters. The summed E-state index contributed by atoms with van der Waals surface area (Å²) in [5.41, 5.74) is 3.05. The van der Waals surface area contributed by atoms with Crippen molar-refractivity contribution in [2.24, 2.45) is 0 Å². The zero-order valence-corrected chi connectivity index (χ0v) is 9.81. The lowest BCUT2D eigenvalue weighted by atomic mass is 10.0. The number of aryl methyl sites for hydroxylation is 1. The van der Waals surface area contributed by atoms with Gasteiger partial charge in [-0.15, -0.1) is 0 Å². The fourth-order valence-electron chi connectivity index (χ4n) is 1.66. The molecule has 0 unspecified atom stereocenters. The van der Waals surface area contributed by atoms with Gasteiger partial charge in [-0.2, -0.15) is 0 Å². The summed E-state index contributed by atoms with van der Waals surface area (Å²) in [7, 11) is 0. The van der Waals surface area contributed by atoms with Crippen molar-refractivity contribution in [1.82, 2.24) is 15.0 Å². The fourth-order valence-corrected chi connectivity index (χ4v) is 1.66. The molecular formula is C13H15N3. The van der Waals surface area contributed by atoms with Gasteiger partial charge in [-0.3, -0.25) is 4.98 Å². The molecule has 0 aliphatic rings. The molecule has 0 aromatic carbocycles. The van der Waals surface area contributed by atoms with Crippen LogP contribution in [0.2, 0.25) is 0 Å². The highest BCUT2D eigenvalue weighted by Gasteiger charge is 2.08. The summed E-state index contributed by atoms with van der Waals surface area (Å²) < 4.78 is 0. The Morgan fingerprint density at radius 1 is 1.12 bits per heavy atom. The minimum Gasteiger partial charge on any atom is -0.253 e. The van der Waals surface area contributed by atoms with Crippen LogP contribution in [0.5, 0.6) is 0 Å². The maximum Gasteiger partial charge on any atom is 0.178 e. The quantitative estimate of drug-likeness (QED) is 0.769. The summed E-state index contributed by atoms with van der Waals surface area (Å²) in [6.45, 7) is 6.31. The summed E-state index contributed by atoms with van der Waals surface area (Å²) >= 11 is 0. The molecule has 0 amide bonds. The van der Waals surface area contributed by atoms with E-state index in [0.29, 0.717) is 11.7 Å². The monoisotopic (exact) mass is 213 g/mol. The van der Waals surface area contributed by atoms with Crippen molar-refractivity contribution in [3.05, 3.63) is 41.9 Å². The van der Waals surface area contributed by atoms with Crippen molar-refractivity contribution in [3.8, 4) is 11.5 Å². The Bertz CT molecular complexity index is 478. The van der Waals surface area contributed by atoms with E-state index in [-0.39, 0.29) is 0 Å². The molecule has 0 N–H and O–H groups in total. The summed E-state index contributed by atoms with van der Waals surface area (Å²) in [5, 5.41) is 0. The molecule has 2 rings (SSSR count). The number of hydrogen-bond acceptors (Lipinski definition) is 3. The van der Waals surface area contributed by atoms with Crippen molar-refractivity contribution in [3.63, 3.8) is 0 Å². The van der Waals surface area contributed by atoms with Gasteiger partial charge in [-0.05, 0) is 30.5 Å². The molecule has 82 valence electrons. The lowest BCUT2D eigenvalue weighted by Gasteiger charge is -2.09. The molecule has 0 saturated heterocycles. The van der Waals surface area contributed by atoms with Crippen LogP contribution in [-0.4, -0.2) is 15.0 Å². The molecule has 16 heavy (non-hydrogen) atoms. The predicted molar refractivity (Wildman–Crippen MR) is 64.1 cm³/mol. The normalized spacial score (nSPS) is 10.8. The second-order valence-corrected chi connectivity index (χ2v) is 4.10. The largest absolute Gasteiger partial charge is 0.253 e. The molecule has 2 aromatic heterocycles. The van der Waals surface area contributed by atoms with Crippen LogP contribution in [0.25, 0.3) is 11.5 Å². The van der Waals surface area contributed by atoms with Crippen molar-refractivity contribution >= 4 is 0 Å². The van der Waals surface area contributed by atoms with Gasteiger partial charge in [0.25, 0.3) is 0 Å². The van der Waals surface area contributed by atoms with E-state index in [1.807, 2.05) is 31.3 Å². The summed E-state index contributed by atoms with van der Waals surface area (Å²) in [6, 6.07) is 5.75. The van der Waals surface area contributed by atoms with E-state index < -0.39 is 0 Å². The van der Waals surface area contributed by atoms with Crippen LogP contribution in [0, 0.1) is 6.92 Å². The molecule has 3 heteroatoms. The molecule has 0 spiro atoms. The van der Waals surface area contributed by atoms with E-state index in [0.717, 1.165) is 11.4 Å². The van der Waals surface area contributed by atoms with Gasteiger partial charge in [0.1, 0.15) is 5.69 Å². The van der Waals surface area contributed by atoms with Gasteiger partial charge in [-0.25, -0.2) is 9.97 Å². The van der Waals surface area contributed by atoms with Crippen LogP contribution >= 0.6 is 0 Å². The molecule has 3 nitrogen and oxygen atoms in total. The first kappa shape index (κ1) is 10.7. The van der Waals surface area contributed by atoms with Gasteiger partial charge in [0.05, 0.1) is 0 Å². The SMILES string of the molecule is Cc1nc(-c2ccccn2)ncc1C(C)C. The summed E-state index contributed by atoms with van der Waals surface area (Å²) in [4.78, 5) is 13.1. The summed E-state index contributed by atoms with van der Waals surface area (Å²) in [5.74, 6) is 1.15. The highest BCUT2D eigenvalue weighted by atomic mass is 14.9. The minimum atomic E-state index is 0.456. The van der Waals surface area contributed by atoms with Gasteiger partial charge in [0, 0.05) is 18.1 Å². The van der Waals surface area contributed by atoms with Gasteiger partial charge in [-0.1, -0.05) is 19.9 Å². The van der Waals surface area contributed by atoms with Crippen molar-refractivity contribution in [2.45, 2.75) is 26.7 Å². The first-order valence-electron chi connectivity index (χ1n) is 5.43. The Kier molecular flexibility index (Phi) is 2.95. The zero-order valence-electron chi connectivity index (χ0n) is 9.81. The highest BCUT2D eigenvalue weighted by molar-refractivity contribution is 5.48. The first-order valence-corrected chi connectivity index (χ1v) is 5.43. The van der Waals surface area contributed by atoms with Crippen LogP contribution in [0.4, 0.5) is 0 Å². The smallest absolute Gasteiger partial charge is 0.178 e. The van der Waals surface area contributed by atoms with E-state index in [9.17, 15) is 0 Å². The minimum absolute atomic E-state index is 0.456. The Morgan fingerprint density at radius 3 is 2.50 bits per heavy atom. The van der Waals surface area contributed by atoms with Crippen LogP contribution < -0.4 is 0 Å². The second-order valence-electron chi connectivity index (χ2n) is 4.10. The van der Waals surface area contributed by atoms with Gasteiger partial charge in [0.15, 0.2) is 5.82 Å². The third-order valence-electron chi connectivity index (χ3n) is 2.53. The van der Waals surface area contributed by atoms with Crippen molar-refractivity contribution in [1.29, 1.82) is 0 Å². The third-order valence-corrected chi connectivity index (χ3v) is 2.53. The topological polar surface area (TPSA) is 38.7 Å². The van der Waals surface area contributed by atoms with E-state index in [2.05, 4.69) is 28.8 Å². The molecule has 0 bridgehead atoms. The molecule has 0 aliphatic heterocycles. The van der Waals surface area contributed by atoms with Crippen LogP contribution in [0.1, 0.15) is 31.0 Å². The Balaban J connectivity index is 2.43. The van der Waals surface area contributed by atoms with Crippen LogP contribution in [-0.2, 0) is 0 Å². The maximum absolute atomic E-state index is 4.49. The second kappa shape index (κ2) is 4.39. The van der Waals surface area contributed by atoms with Gasteiger partial charge >= 0.3 is 0 Å². The lowest BCUT2D eigenvalue weighted by Crippen LogP contribution is -2.00. The van der Waals surface area contributed by atoms with Crippen molar-refractivity contribution in [2.75, 3.05) is 0 Å². The van der Waals surface area contributed by atoms with Gasteiger partial charge < -0.3 is 0 Å². The van der Waals surface area contributed by atoms with Gasteiger partial charge in [0.2, 0.25) is 0 Å². The fraction of sp³-hybridized carbons (Fsp3) is 0.308. The average Bonchev–Trinajstić information content (AvgIpc) is 2.29. The van der Waals surface area contributed by atoms with E-state index in [1.54, 1.807) is 6.20 Å². The lowest BCUT2D eigenvalue weighted by molar-refractivity contribution is 0.830. The molecule has 0 saturated carbocycles.